The summed E-state index contributed by atoms with van der Waals surface area (Å²) in [5.74, 6) is 0. The highest BCUT2D eigenvalue weighted by Gasteiger charge is 2.12. The largest absolute Gasteiger partial charge is 0.379 e. The Bertz CT molecular complexity index is 584. The lowest BCUT2D eigenvalue weighted by molar-refractivity contribution is 0.0622. The Morgan fingerprint density at radius 1 is 0.212 bits per heavy atom. The van der Waals surface area contributed by atoms with E-state index >= 15 is 0 Å². The molecule has 1 heterocycles. The van der Waals surface area contributed by atoms with Gasteiger partial charge < -0.3 is 58.1 Å². The van der Waals surface area contributed by atoms with Crippen LogP contribution in [-0.2, 0) is 18.9 Å². The molecule has 1 fully saturated rings. The van der Waals surface area contributed by atoms with Gasteiger partial charge in [-0.25, -0.2) is 0 Å². The third-order valence-corrected chi connectivity index (χ3v) is 10.9. The Morgan fingerprint density at radius 3 is 0.423 bits per heavy atom. The minimum absolute atomic E-state index is 0.795. The minimum Gasteiger partial charge on any atom is -0.379 e. The lowest BCUT2D eigenvalue weighted by Gasteiger charge is -2.28. The van der Waals surface area contributed by atoms with Crippen molar-refractivity contribution in [2.75, 3.05) is 210 Å². The van der Waals surface area contributed by atoms with E-state index in [9.17, 15) is 0 Å². The van der Waals surface area contributed by atoms with Gasteiger partial charge in [0.2, 0.25) is 0 Å². The minimum atomic E-state index is 0.795. The number of nitrogens with zero attached hydrogens (tertiary/aromatic N) is 8. The molecule has 0 aromatic carbocycles. The molecule has 12 nitrogen and oxygen atoms in total. The van der Waals surface area contributed by atoms with Crippen LogP contribution in [0, 0.1) is 0 Å². The van der Waals surface area contributed by atoms with Crippen LogP contribution < -0.4 is 0 Å². The molecular weight excluding hydrogens is 656 g/mol. The Kier molecular flexibility index (Phi) is 33.3. The summed E-state index contributed by atoms with van der Waals surface area (Å²) in [7, 11) is 0. The second kappa shape index (κ2) is 35.0. The van der Waals surface area contributed by atoms with Crippen molar-refractivity contribution in [3.8, 4) is 0 Å². The van der Waals surface area contributed by atoms with Gasteiger partial charge in [0.1, 0.15) is 0 Å². The molecule has 12 heteroatoms. The first-order valence-corrected chi connectivity index (χ1v) is 21.6. The van der Waals surface area contributed by atoms with Crippen molar-refractivity contribution < 1.29 is 18.9 Å². The maximum Gasteiger partial charge on any atom is 0.0594 e. The highest BCUT2D eigenvalue weighted by Crippen LogP contribution is 1.99. The predicted molar refractivity (Wildman–Crippen MR) is 220 cm³/mol. The molecule has 0 saturated carbocycles. The molecule has 0 aliphatic carbocycles. The molecule has 0 radical (unpaired) electrons. The fraction of sp³-hybridized carbons (Fsp3) is 1.00. The Balaban J connectivity index is 2.67. The second-order valence-electron chi connectivity index (χ2n) is 13.9. The topological polar surface area (TPSA) is 62.8 Å². The first-order chi connectivity index (χ1) is 25.5. The van der Waals surface area contributed by atoms with E-state index in [1.165, 1.54) is 0 Å². The number of ether oxygens (including phenoxy) is 4. The van der Waals surface area contributed by atoms with Gasteiger partial charge in [-0.05, 0) is 52.4 Å². The van der Waals surface area contributed by atoms with Crippen LogP contribution in [0.2, 0.25) is 0 Å². The molecule has 0 atom stereocenters. The fourth-order valence-electron chi connectivity index (χ4n) is 6.51. The third-order valence-electron chi connectivity index (χ3n) is 10.9. The van der Waals surface area contributed by atoms with Gasteiger partial charge in [0, 0.05) is 105 Å². The van der Waals surface area contributed by atoms with Gasteiger partial charge in [-0.2, -0.15) is 0 Å². The predicted octanol–water partition coefficient (Wildman–Crippen LogP) is 2.64. The van der Waals surface area contributed by atoms with Crippen LogP contribution in [0.4, 0.5) is 0 Å². The van der Waals surface area contributed by atoms with E-state index < -0.39 is 0 Å². The molecule has 0 unspecified atom stereocenters. The number of hydrogen-bond donors (Lipinski definition) is 0. The molecule has 0 aromatic rings. The summed E-state index contributed by atoms with van der Waals surface area (Å²) < 4.78 is 24.5. The van der Waals surface area contributed by atoms with Crippen molar-refractivity contribution in [3.63, 3.8) is 0 Å². The second-order valence-corrected chi connectivity index (χ2v) is 13.9. The molecule has 0 bridgehead atoms. The smallest absolute Gasteiger partial charge is 0.0594 e. The highest BCUT2D eigenvalue weighted by molar-refractivity contribution is 4.66. The molecule has 1 saturated heterocycles. The van der Waals surface area contributed by atoms with Crippen LogP contribution in [0.3, 0.4) is 0 Å². The standard InChI is InChI=1S/C40H88N8O4/c1-9-41-17-18-42(10-2)26-35-50-36-28-45(13-5)21-22-46(14-6)30-39-52-40-32-48(16-8)24-23-47(15-7)31-38-51-37-29-44(12-4)20-19-43(11-3)27-34-49-33-25-41/h9-40H2,1-8H3. The van der Waals surface area contributed by atoms with Gasteiger partial charge in [0.25, 0.3) is 0 Å². The maximum absolute atomic E-state index is 6.13. The van der Waals surface area contributed by atoms with Crippen molar-refractivity contribution in [1.82, 2.24) is 39.2 Å². The molecule has 52 heavy (non-hydrogen) atoms. The molecule has 1 aliphatic rings. The van der Waals surface area contributed by atoms with Crippen LogP contribution in [0.1, 0.15) is 55.4 Å². The molecule has 312 valence electrons. The number of rotatable bonds is 8. The average Bonchev–Trinajstić information content (AvgIpc) is 3.17. The lowest BCUT2D eigenvalue weighted by atomic mass is 10.4. The first-order valence-electron chi connectivity index (χ1n) is 21.6. The fourth-order valence-corrected chi connectivity index (χ4v) is 6.51. The third kappa shape index (κ3) is 25.6. The molecule has 1 rings (SSSR count). The SMILES string of the molecule is CCN1CCOCCN(CC)CCN(CC)CCOCCN(CC)CCN(CC)CCOCCN(CC)CCN(CC)CCOCCN(CC)CC1. The monoisotopic (exact) mass is 745 g/mol. The Hall–Kier alpha value is -0.480. The summed E-state index contributed by atoms with van der Waals surface area (Å²) in [5.41, 5.74) is 0. The molecule has 0 N–H and O–H groups in total. The molecule has 1 aliphatic heterocycles. The van der Waals surface area contributed by atoms with E-state index in [1.54, 1.807) is 0 Å². The summed E-state index contributed by atoms with van der Waals surface area (Å²) >= 11 is 0. The van der Waals surface area contributed by atoms with Gasteiger partial charge in [-0.1, -0.05) is 55.4 Å². The average molecular weight is 745 g/mol. The summed E-state index contributed by atoms with van der Waals surface area (Å²) in [6.45, 7) is 49.4. The Morgan fingerprint density at radius 2 is 0.327 bits per heavy atom. The molecular formula is C40H88N8O4. The van der Waals surface area contributed by atoms with Gasteiger partial charge in [-0.15, -0.1) is 0 Å². The quantitative estimate of drug-likeness (QED) is 0.368. The van der Waals surface area contributed by atoms with Crippen molar-refractivity contribution in [3.05, 3.63) is 0 Å². The van der Waals surface area contributed by atoms with Crippen molar-refractivity contribution in [1.29, 1.82) is 0 Å². The van der Waals surface area contributed by atoms with Crippen LogP contribution in [0.5, 0.6) is 0 Å². The van der Waals surface area contributed by atoms with Gasteiger partial charge in [0.05, 0.1) is 52.9 Å². The molecule has 0 aromatic heterocycles. The summed E-state index contributed by atoms with van der Waals surface area (Å²) in [6.07, 6.45) is 0. The molecule has 0 amide bonds. The van der Waals surface area contributed by atoms with Crippen LogP contribution >= 0.6 is 0 Å². The van der Waals surface area contributed by atoms with E-state index in [0.717, 1.165) is 210 Å². The van der Waals surface area contributed by atoms with E-state index in [-0.39, 0.29) is 0 Å². The van der Waals surface area contributed by atoms with E-state index in [4.69, 9.17) is 18.9 Å². The van der Waals surface area contributed by atoms with Crippen molar-refractivity contribution in [2.45, 2.75) is 55.4 Å². The zero-order valence-corrected chi connectivity index (χ0v) is 35.8. The zero-order valence-electron chi connectivity index (χ0n) is 35.8. The molecule has 0 spiro atoms. The number of likely N-dealkylation sites (N-methyl/N-ethyl adjacent to an activating group) is 8. The summed E-state index contributed by atoms with van der Waals surface area (Å²) in [5, 5.41) is 0. The van der Waals surface area contributed by atoms with E-state index in [0.29, 0.717) is 0 Å². The lowest BCUT2D eigenvalue weighted by Crippen LogP contribution is -2.40. The van der Waals surface area contributed by atoms with Crippen molar-refractivity contribution in [2.24, 2.45) is 0 Å². The van der Waals surface area contributed by atoms with Crippen LogP contribution in [-0.4, -0.2) is 249 Å². The zero-order chi connectivity index (χ0) is 38.1. The maximum atomic E-state index is 6.13. The van der Waals surface area contributed by atoms with Crippen molar-refractivity contribution >= 4 is 0 Å². The Labute approximate surface area is 322 Å². The highest BCUT2D eigenvalue weighted by atomic mass is 16.5. The first kappa shape index (κ1) is 49.5. The summed E-state index contributed by atoms with van der Waals surface area (Å²) in [4.78, 5) is 20.1. The van der Waals surface area contributed by atoms with Gasteiger partial charge in [-0.3, -0.25) is 0 Å². The summed E-state index contributed by atoms with van der Waals surface area (Å²) in [6, 6.07) is 0. The van der Waals surface area contributed by atoms with Gasteiger partial charge >= 0.3 is 0 Å². The van der Waals surface area contributed by atoms with E-state index in [1.807, 2.05) is 0 Å². The number of hydrogen-bond acceptors (Lipinski definition) is 12. The van der Waals surface area contributed by atoms with Crippen LogP contribution in [0.15, 0.2) is 0 Å². The normalized spacial score (nSPS) is 23.5. The van der Waals surface area contributed by atoms with Gasteiger partial charge in [0.15, 0.2) is 0 Å². The van der Waals surface area contributed by atoms with Crippen LogP contribution in [0.25, 0.3) is 0 Å². The van der Waals surface area contributed by atoms with E-state index in [2.05, 4.69) is 94.6 Å².